The van der Waals surface area contributed by atoms with Crippen LogP contribution in [0.1, 0.15) is 40.9 Å². The van der Waals surface area contributed by atoms with E-state index < -0.39 is 29.6 Å². The third kappa shape index (κ3) is 5.45. The second kappa shape index (κ2) is 9.65. The van der Waals surface area contributed by atoms with Crippen molar-refractivity contribution in [3.05, 3.63) is 82.4 Å². The molecule has 1 heterocycles. The number of benzene rings is 2. The molecule has 3 aromatic rings. The molecule has 2 aromatic carbocycles. The first-order valence-electron chi connectivity index (χ1n) is 10.7. The van der Waals surface area contributed by atoms with Gasteiger partial charge in [-0.2, -0.15) is 13.2 Å². The highest BCUT2D eigenvalue weighted by atomic mass is 35.5. The van der Waals surface area contributed by atoms with Crippen molar-refractivity contribution in [2.24, 2.45) is 5.92 Å². The summed E-state index contributed by atoms with van der Waals surface area (Å²) in [6.45, 7) is 1.60. The summed E-state index contributed by atoms with van der Waals surface area (Å²) in [5.74, 6) is -2.49. The highest BCUT2D eigenvalue weighted by molar-refractivity contribution is 6.30. The van der Waals surface area contributed by atoms with Crippen molar-refractivity contribution >= 4 is 29.2 Å². The molecule has 2 unspecified atom stereocenters. The van der Waals surface area contributed by atoms with Crippen molar-refractivity contribution in [2.45, 2.75) is 25.4 Å². The maximum atomic E-state index is 15.0. The Bertz CT molecular complexity index is 1260. The maximum absolute atomic E-state index is 15.0. The zero-order valence-electron chi connectivity index (χ0n) is 18.3. The molecule has 0 radical (unpaired) electrons. The fourth-order valence-corrected chi connectivity index (χ4v) is 3.92. The quantitative estimate of drug-likeness (QED) is 0.307. The standard InChI is InChI=1S/C25H19ClF4N2O3/c1-2-35-24(34)19-11-21(32-23(33)18-9-16(18)13-3-6-15(26)7-4-13)20(27)10-17(19)14-5-8-22(31-12-14)25(28,29)30/h3-8,10-12,16,18H,2,9H2,1H3,(H,32,33). The SMILES string of the molecule is CCOC(=O)c1cc(NC(=O)C2CC2c2ccc(Cl)cc2)c(F)cc1-c1ccc(C(F)(F)F)nc1. The largest absolute Gasteiger partial charge is 0.462 e. The highest BCUT2D eigenvalue weighted by Crippen LogP contribution is 2.48. The number of nitrogens with zero attached hydrogens (tertiary/aromatic N) is 1. The maximum Gasteiger partial charge on any atom is 0.433 e. The average molecular weight is 507 g/mol. The van der Waals surface area contributed by atoms with Crippen molar-refractivity contribution in [2.75, 3.05) is 11.9 Å². The summed E-state index contributed by atoms with van der Waals surface area (Å²) >= 11 is 5.90. The van der Waals surface area contributed by atoms with Crippen LogP contribution in [-0.2, 0) is 15.7 Å². The first-order valence-corrected chi connectivity index (χ1v) is 11.1. The number of halogens is 5. The first kappa shape index (κ1) is 24.7. The lowest BCUT2D eigenvalue weighted by Gasteiger charge is -2.14. The molecular formula is C25H19ClF4N2O3. The highest BCUT2D eigenvalue weighted by Gasteiger charge is 2.44. The molecule has 1 aromatic heterocycles. The fourth-order valence-electron chi connectivity index (χ4n) is 3.80. The van der Waals surface area contributed by atoms with Gasteiger partial charge in [0.15, 0.2) is 0 Å². The summed E-state index contributed by atoms with van der Waals surface area (Å²) in [6.07, 6.45) is -3.16. The Morgan fingerprint density at radius 3 is 2.46 bits per heavy atom. The number of pyridine rings is 1. The summed E-state index contributed by atoms with van der Waals surface area (Å²) in [7, 11) is 0. The van der Waals surface area contributed by atoms with Crippen LogP contribution in [-0.4, -0.2) is 23.5 Å². The predicted molar refractivity (Wildman–Crippen MR) is 122 cm³/mol. The van der Waals surface area contributed by atoms with Crippen molar-refractivity contribution in [3.63, 3.8) is 0 Å². The predicted octanol–water partition coefficient (Wildman–Crippen LogP) is 6.48. The van der Waals surface area contributed by atoms with Crippen molar-refractivity contribution in [1.82, 2.24) is 4.98 Å². The van der Waals surface area contributed by atoms with Gasteiger partial charge in [-0.1, -0.05) is 29.8 Å². The number of alkyl halides is 3. The molecule has 4 rings (SSSR count). The number of ether oxygens (including phenoxy) is 1. The van der Waals surface area contributed by atoms with Gasteiger partial charge in [0.25, 0.3) is 0 Å². The molecule has 10 heteroatoms. The zero-order valence-corrected chi connectivity index (χ0v) is 19.1. The van der Waals surface area contributed by atoms with Crippen molar-refractivity contribution < 1.29 is 31.9 Å². The lowest BCUT2D eigenvalue weighted by molar-refractivity contribution is -0.141. The molecule has 1 saturated carbocycles. The normalized spacial score (nSPS) is 17.1. The molecule has 1 N–H and O–H groups in total. The van der Waals surface area contributed by atoms with Gasteiger partial charge < -0.3 is 10.1 Å². The van der Waals surface area contributed by atoms with Gasteiger partial charge in [0.05, 0.1) is 17.9 Å². The summed E-state index contributed by atoms with van der Waals surface area (Å²) in [4.78, 5) is 28.7. The zero-order chi connectivity index (χ0) is 25.3. The fraction of sp³-hybridized carbons (Fsp3) is 0.240. The second-order valence-electron chi connectivity index (χ2n) is 8.02. The minimum Gasteiger partial charge on any atom is -0.462 e. The molecule has 1 aliphatic rings. The molecule has 2 atom stereocenters. The van der Waals surface area contributed by atoms with Gasteiger partial charge in [-0.05, 0) is 55.2 Å². The van der Waals surface area contributed by atoms with E-state index in [1.54, 1.807) is 19.1 Å². The van der Waals surface area contributed by atoms with Crippen LogP contribution in [0.2, 0.25) is 5.02 Å². The van der Waals surface area contributed by atoms with E-state index in [0.717, 1.165) is 36.0 Å². The van der Waals surface area contributed by atoms with Crippen molar-refractivity contribution in [1.29, 1.82) is 0 Å². The summed E-state index contributed by atoms with van der Waals surface area (Å²) in [5.41, 5.74) is -0.456. The van der Waals surface area contributed by atoms with Gasteiger partial charge in [-0.25, -0.2) is 9.18 Å². The topological polar surface area (TPSA) is 68.3 Å². The Balaban J connectivity index is 1.60. The average Bonchev–Trinajstić information content (AvgIpc) is 3.61. The summed E-state index contributed by atoms with van der Waals surface area (Å²) in [5, 5.41) is 3.09. The molecule has 182 valence electrons. The molecule has 5 nitrogen and oxygen atoms in total. The number of rotatable bonds is 6. The number of hydrogen-bond donors (Lipinski definition) is 1. The summed E-state index contributed by atoms with van der Waals surface area (Å²) in [6, 6.07) is 11.0. The minimum absolute atomic E-state index is 0.00867. The van der Waals surface area contributed by atoms with Crippen molar-refractivity contribution in [3.8, 4) is 11.1 Å². The van der Waals surface area contributed by atoms with Gasteiger partial charge >= 0.3 is 12.1 Å². The Morgan fingerprint density at radius 1 is 1.14 bits per heavy atom. The monoisotopic (exact) mass is 506 g/mol. The van der Waals surface area contributed by atoms with Crippen LogP contribution in [0.5, 0.6) is 0 Å². The number of nitrogens with one attached hydrogen (secondary N) is 1. The van der Waals surface area contributed by atoms with E-state index in [9.17, 15) is 27.2 Å². The van der Waals surface area contributed by atoms with Crippen LogP contribution >= 0.6 is 11.6 Å². The third-order valence-corrected chi connectivity index (χ3v) is 5.90. The number of hydrogen-bond acceptors (Lipinski definition) is 4. The first-order chi connectivity index (χ1) is 16.6. The van der Waals surface area contributed by atoms with Gasteiger partial charge in [-0.15, -0.1) is 0 Å². The van der Waals surface area contributed by atoms with E-state index in [1.807, 2.05) is 12.1 Å². The van der Waals surface area contributed by atoms with Gasteiger partial charge in [0.1, 0.15) is 11.5 Å². The number of esters is 1. The molecule has 0 bridgehead atoms. The molecule has 0 spiro atoms. The van der Waals surface area contributed by atoms with Crippen LogP contribution in [0.15, 0.2) is 54.7 Å². The van der Waals surface area contributed by atoms with E-state index in [1.165, 1.54) is 0 Å². The second-order valence-corrected chi connectivity index (χ2v) is 8.45. The van der Waals surface area contributed by atoms with Crippen LogP contribution in [0.25, 0.3) is 11.1 Å². The number of anilines is 1. The van der Waals surface area contributed by atoms with E-state index in [0.29, 0.717) is 11.4 Å². The Morgan fingerprint density at radius 2 is 1.86 bits per heavy atom. The van der Waals surface area contributed by atoms with E-state index >= 15 is 0 Å². The third-order valence-electron chi connectivity index (χ3n) is 5.65. The van der Waals surface area contributed by atoms with Crippen LogP contribution < -0.4 is 5.32 Å². The van der Waals surface area contributed by atoms with E-state index in [-0.39, 0.29) is 40.8 Å². The lowest BCUT2D eigenvalue weighted by Crippen LogP contribution is -2.17. The van der Waals surface area contributed by atoms with Crippen LogP contribution in [0, 0.1) is 11.7 Å². The van der Waals surface area contributed by atoms with Gasteiger partial charge in [0.2, 0.25) is 5.91 Å². The number of carbonyl (C=O) groups is 2. The molecule has 1 fully saturated rings. The Hall–Kier alpha value is -3.46. The molecular weight excluding hydrogens is 488 g/mol. The van der Waals surface area contributed by atoms with E-state index in [2.05, 4.69) is 10.3 Å². The molecule has 1 amide bonds. The molecule has 0 aliphatic heterocycles. The molecule has 1 aliphatic carbocycles. The molecule has 0 saturated heterocycles. The lowest BCUT2D eigenvalue weighted by atomic mass is 9.99. The van der Waals surface area contributed by atoms with Crippen LogP contribution in [0.4, 0.5) is 23.2 Å². The van der Waals surface area contributed by atoms with Crippen LogP contribution in [0.3, 0.4) is 0 Å². The Labute approximate surface area is 203 Å². The Kier molecular flexibility index (Phi) is 6.80. The van der Waals surface area contributed by atoms with E-state index in [4.69, 9.17) is 16.3 Å². The van der Waals surface area contributed by atoms with Gasteiger partial charge in [-0.3, -0.25) is 9.78 Å². The minimum atomic E-state index is -4.64. The number of carbonyl (C=O) groups excluding carboxylic acids is 2. The summed E-state index contributed by atoms with van der Waals surface area (Å²) < 4.78 is 58.5. The van der Waals surface area contributed by atoms with Gasteiger partial charge in [0, 0.05) is 28.3 Å². The molecule has 35 heavy (non-hydrogen) atoms. The number of amides is 1. The number of aromatic nitrogens is 1. The smallest absolute Gasteiger partial charge is 0.433 e.